The first kappa shape index (κ1) is 19.2. The standard InChI is InChI=1S/C17H22F3N3O2/c1-4-16(3,11-5-7-12(8-6-11)17(18,19)20)23-15(25)13-9-14(24)22-10(2)21-13/h5-8,10,13,21H,4,9H2,1-3H3,(H,22,24)(H,23,25). The van der Waals surface area contributed by atoms with Gasteiger partial charge in [0.15, 0.2) is 0 Å². The van der Waals surface area contributed by atoms with Gasteiger partial charge < -0.3 is 10.6 Å². The highest BCUT2D eigenvalue weighted by molar-refractivity contribution is 5.90. The van der Waals surface area contributed by atoms with E-state index < -0.39 is 23.3 Å². The van der Waals surface area contributed by atoms with Gasteiger partial charge in [-0.15, -0.1) is 0 Å². The molecule has 1 aliphatic heterocycles. The monoisotopic (exact) mass is 357 g/mol. The fourth-order valence-corrected chi connectivity index (χ4v) is 2.81. The summed E-state index contributed by atoms with van der Waals surface area (Å²) in [5.41, 5.74) is -0.995. The number of hydrogen-bond acceptors (Lipinski definition) is 3. The molecule has 0 aliphatic carbocycles. The molecule has 0 spiro atoms. The molecule has 3 unspecified atom stereocenters. The second-order valence-electron chi connectivity index (χ2n) is 6.46. The minimum absolute atomic E-state index is 0.0168. The lowest BCUT2D eigenvalue weighted by molar-refractivity contribution is -0.137. The summed E-state index contributed by atoms with van der Waals surface area (Å²) in [6, 6.07) is 4.07. The van der Waals surface area contributed by atoms with Crippen LogP contribution in [0.4, 0.5) is 13.2 Å². The van der Waals surface area contributed by atoms with Gasteiger partial charge in [0, 0.05) is 0 Å². The summed E-state index contributed by atoms with van der Waals surface area (Å²) in [6.07, 6.45) is -4.22. The molecule has 8 heteroatoms. The third-order valence-electron chi connectivity index (χ3n) is 4.49. The molecule has 25 heavy (non-hydrogen) atoms. The molecular formula is C17H22F3N3O2. The highest BCUT2D eigenvalue weighted by atomic mass is 19.4. The topological polar surface area (TPSA) is 70.2 Å². The van der Waals surface area contributed by atoms with Crippen molar-refractivity contribution in [1.29, 1.82) is 0 Å². The van der Waals surface area contributed by atoms with Crippen molar-refractivity contribution in [3.63, 3.8) is 0 Å². The van der Waals surface area contributed by atoms with Crippen molar-refractivity contribution in [2.45, 2.75) is 57.5 Å². The van der Waals surface area contributed by atoms with E-state index in [1.54, 1.807) is 13.8 Å². The van der Waals surface area contributed by atoms with Gasteiger partial charge in [-0.05, 0) is 38.0 Å². The summed E-state index contributed by atoms with van der Waals surface area (Å²) in [5, 5.41) is 8.50. The van der Waals surface area contributed by atoms with Crippen LogP contribution >= 0.6 is 0 Å². The average Bonchev–Trinajstić information content (AvgIpc) is 2.53. The normalized spacial score (nSPS) is 23.5. The van der Waals surface area contributed by atoms with E-state index in [-0.39, 0.29) is 24.4 Å². The van der Waals surface area contributed by atoms with Crippen molar-refractivity contribution in [3.05, 3.63) is 35.4 Å². The Kier molecular flexibility index (Phi) is 5.41. The van der Waals surface area contributed by atoms with Crippen LogP contribution < -0.4 is 16.0 Å². The Balaban J connectivity index is 2.16. The van der Waals surface area contributed by atoms with E-state index >= 15 is 0 Å². The summed E-state index contributed by atoms with van der Waals surface area (Å²) in [6.45, 7) is 5.31. The largest absolute Gasteiger partial charge is 0.416 e. The third kappa shape index (κ3) is 4.50. The highest BCUT2D eigenvalue weighted by Gasteiger charge is 2.35. The van der Waals surface area contributed by atoms with Gasteiger partial charge in [0.1, 0.15) is 0 Å². The number of alkyl halides is 3. The molecular weight excluding hydrogens is 335 g/mol. The Morgan fingerprint density at radius 3 is 2.28 bits per heavy atom. The summed E-state index contributed by atoms with van der Waals surface area (Å²) in [7, 11) is 0. The third-order valence-corrected chi connectivity index (χ3v) is 4.49. The lowest BCUT2D eigenvalue weighted by Crippen LogP contribution is -2.61. The van der Waals surface area contributed by atoms with Crippen molar-refractivity contribution >= 4 is 11.8 Å². The van der Waals surface area contributed by atoms with Crippen LogP contribution in [0.15, 0.2) is 24.3 Å². The molecule has 1 aromatic rings. The Bertz CT molecular complexity index is 646. The molecule has 138 valence electrons. The number of amides is 2. The van der Waals surface area contributed by atoms with E-state index in [0.717, 1.165) is 12.1 Å². The Labute approximate surface area is 144 Å². The first-order chi connectivity index (χ1) is 11.5. The Morgan fingerprint density at radius 2 is 1.80 bits per heavy atom. The van der Waals surface area contributed by atoms with E-state index in [1.807, 2.05) is 6.92 Å². The predicted molar refractivity (Wildman–Crippen MR) is 86.4 cm³/mol. The van der Waals surface area contributed by atoms with Crippen molar-refractivity contribution in [1.82, 2.24) is 16.0 Å². The maximum atomic E-state index is 12.7. The molecule has 1 saturated heterocycles. The second-order valence-corrected chi connectivity index (χ2v) is 6.46. The summed E-state index contributed by atoms with van der Waals surface area (Å²) >= 11 is 0. The summed E-state index contributed by atoms with van der Waals surface area (Å²) < 4.78 is 38.1. The smallest absolute Gasteiger partial charge is 0.346 e. The quantitative estimate of drug-likeness (QED) is 0.774. The molecule has 0 radical (unpaired) electrons. The molecule has 1 aliphatic rings. The number of benzene rings is 1. The van der Waals surface area contributed by atoms with Crippen molar-refractivity contribution in [2.75, 3.05) is 0 Å². The maximum Gasteiger partial charge on any atom is 0.416 e. The zero-order valence-electron chi connectivity index (χ0n) is 14.3. The van der Waals surface area contributed by atoms with E-state index in [4.69, 9.17) is 0 Å². The van der Waals surface area contributed by atoms with Crippen LogP contribution in [0.5, 0.6) is 0 Å². The van der Waals surface area contributed by atoms with E-state index in [1.165, 1.54) is 12.1 Å². The molecule has 2 rings (SSSR count). The van der Waals surface area contributed by atoms with Crippen LogP contribution in [0.2, 0.25) is 0 Å². The lowest BCUT2D eigenvalue weighted by Gasteiger charge is -2.35. The zero-order valence-corrected chi connectivity index (χ0v) is 14.3. The molecule has 0 aromatic heterocycles. The molecule has 3 atom stereocenters. The van der Waals surface area contributed by atoms with Gasteiger partial charge in [0.2, 0.25) is 11.8 Å². The number of carbonyl (C=O) groups excluding carboxylic acids is 2. The van der Waals surface area contributed by atoms with E-state index in [9.17, 15) is 22.8 Å². The minimum Gasteiger partial charge on any atom is -0.346 e. The van der Waals surface area contributed by atoms with Crippen molar-refractivity contribution < 1.29 is 22.8 Å². The SMILES string of the molecule is CCC(C)(NC(=O)C1CC(=O)NC(C)N1)c1ccc(C(F)(F)F)cc1. The van der Waals surface area contributed by atoms with E-state index in [0.29, 0.717) is 12.0 Å². The van der Waals surface area contributed by atoms with Crippen LogP contribution in [0.1, 0.15) is 44.7 Å². The highest BCUT2D eigenvalue weighted by Crippen LogP contribution is 2.32. The van der Waals surface area contributed by atoms with Crippen LogP contribution in [-0.2, 0) is 21.3 Å². The van der Waals surface area contributed by atoms with Crippen molar-refractivity contribution in [3.8, 4) is 0 Å². The molecule has 1 fully saturated rings. The van der Waals surface area contributed by atoms with Crippen LogP contribution in [0.25, 0.3) is 0 Å². The predicted octanol–water partition coefficient (Wildman–Crippen LogP) is 2.27. The average molecular weight is 357 g/mol. The number of carbonyl (C=O) groups is 2. The number of nitrogens with one attached hydrogen (secondary N) is 3. The molecule has 2 amide bonds. The van der Waals surface area contributed by atoms with Crippen LogP contribution in [-0.4, -0.2) is 24.0 Å². The molecule has 5 nitrogen and oxygen atoms in total. The van der Waals surface area contributed by atoms with Crippen LogP contribution in [0, 0.1) is 0 Å². The van der Waals surface area contributed by atoms with Gasteiger partial charge in [0.25, 0.3) is 0 Å². The number of hydrogen-bond donors (Lipinski definition) is 3. The number of halogens is 3. The lowest BCUT2D eigenvalue weighted by atomic mass is 9.88. The molecule has 3 N–H and O–H groups in total. The minimum atomic E-state index is -4.40. The van der Waals surface area contributed by atoms with Crippen LogP contribution in [0.3, 0.4) is 0 Å². The van der Waals surface area contributed by atoms with Gasteiger partial charge in [-0.25, -0.2) is 0 Å². The van der Waals surface area contributed by atoms with Gasteiger partial charge in [-0.3, -0.25) is 14.9 Å². The molecule has 1 aromatic carbocycles. The first-order valence-electron chi connectivity index (χ1n) is 8.10. The van der Waals surface area contributed by atoms with Crippen molar-refractivity contribution in [2.24, 2.45) is 0 Å². The van der Waals surface area contributed by atoms with Gasteiger partial charge in [-0.1, -0.05) is 19.1 Å². The molecule has 1 heterocycles. The second kappa shape index (κ2) is 7.03. The molecule has 0 bridgehead atoms. The Morgan fingerprint density at radius 1 is 1.24 bits per heavy atom. The van der Waals surface area contributed by atoms with Gasteiger partial charge in [0.05, 0.1) is 29.7 Å². The summed E-state index contributed by atoms with van der Waals surface area (Å²) in [5.74, 6) is -0.579. The fraction of sp³-hybridized carbons (Fsp3) is 0.529. The first-order valence-corrected chi connectivity index (χ1v) is 8.10. The zero-order chi connectivity index (χ0) is 18.8. The fourth-order valence-electron chi connectivity index (χ4n) is 2.81. The summed E-state index contributed by atoms with van der Waals surface area (Å²) in [4.78, 5) is 24.1. The van der Waals surface area contributed by atoms with E-state index in [2.05, 4.69) is 16.0 Å². The van der Waals surface area contributed by atoms with Gasteiger partial charge in [-0.2, -0.15) is 13.2 Å². The Hall–Kier alpha value is -2.09. The maximum absolute atomic E-state index is 12.7. The molecule has 0 saturated carbocycles. The number of rotatable bonds is 4. The van der Waals surface area contributed by atoms with Gasteiger partial charge >= 0.3 is 6.18 Å².